The summed E-state index contributed by atoms with van der Waals surface area (Å²) < 4.78 is 13.0. The molecule has 6 heteroatoms. The van der Waals surface area contributed by atoms with E-state index in [9.17, 15) is 9.18 Å². The van der Waals surface area contributed by atoms with E-state index < -0.39 is 0 Å². The molecular weight excluding hydrogens is 289 g/mol. The summed E-state index contributed by atoms with van der Waals surface area (Å²) >= 11 is 1.38. The third-order valence-electron chi connectivity index (χ3n) is 3.38. The Kier molecular flexibility index (Phi) is 4.69. The molecule has 0 spiro atoms. The van der Waals surface area contributed by atoms with Gasteiger partial charge < -0.3 is 10.6 Å². The third kappa shape index (κ3) is 3.46. The molecule has 0 bridgehead atoms. The Balaban J connectivity index is 2.15. The summed E-state index contributed by atoms with van der Waals surface area (Å²) in [6.45, 7) is 3.72. The van der Waals surface area contributed by atoms with E-state index in [2.05, 4.69) is 4.98 Å². The van der Waals surface area contributed by atoms with Gasteiger partial charge >= 0.3 is 0 Å². The lowest BCUT2D eigenvalue weighted by molar-refractivity contribution is 0.0737. The lowest BCUT2D eigenvalue weighted by atomic mass is 10.1. The van der Waals surface area contributed by atoms with Crippen molar-refractivity contribution in [3.63, 3.8) is 0 Å². The molecule has 0 saturated carbocycles. The molecule has 2 unspecified atom stereocenters. The van der Waals surface area contributed by atoms with Crippen LogP contribution in [-0.2, 0) is 0 Å². The zero-order valence-electron chi connectivity index (χ0n) is 12.2. The van der Waals surface area contributed by atoms with Gasteiger partial charge in [-0.05, 0) is 31.5 Å². The first-order valence-electron chi connectivity index (χ1n) is 6.63. The van der Waals surface area contributed by atoms with Crippen LogP contribution in [0.15, 0.2) is 29.6 Å². The van der Waals surface area contributed by atoms with Crippen molar-refractivity contribution in [2.45, 2.75) is 25.9 Å². The van der Waals surface area contributed by atoms with Gasteiger partial charge in [0.05, 0.1) is 12.1 Å². The number of benzene rings is 1. The van der Waals surface area contributed by atoms with Crippen molar-refractivity contribution in [1.29, 1.82) is 0 Å². The topological polar surface area (TPSA) is 59.2 Å². The highest BCUT2D eigenvalue weighted by atomic mass is 32.1. The molecule has 0 aliphatic heterocycles. The summed E-state index contributed by atoms with van der Waals surface area (Å²) in [5, 5.41) is 2.45. The molecule has 1 aromatic heterocycles. The molecule has 1 aromatic carbocycles. The normalized spacial score (nSPS) is 13.8. The van der Waals surface area contributed by atoms with E-state index in [1.807, 2.05) is 13.8 Å². The van der Waals surface area contributed by atoms with E-state index in [4.69, 9.17) is 5.73 Å². The number of nitrogens with zero attached hydrogens (tertiary/aromatic N) is 2. The smallest absolute Gasteiger partial charge is 0.273 e. The van der Waals surface area contributed by atoms with Crippen LogP contribution in [0, 0.1) is 5.82 Å². The van der Waals surface area contributed by atoms with Crippen LogP contribution in [0.2, 0.25) is 0 Å². The predicted molar refractivity (Wildman–Crippen MR) is 81.6 cm³/mol. The standard InChI is InChI=1S/C15H18FN3OS/c1-9(17)14-18-13(8-21-14)15(20)19(3)10(2)11-4-6-12(16)7-5-11/h4-10H,17H2,1-3H3. The van der Waals surface area contributed by atoms with E-state index in [-0.39, 0.29) is 23.8 Å². The molecule has 2 N–H and O–H groups in total. The number of nitrogens with two attached hydrogens (primary N) is 1. The summed E-state index contributed by atoms with van der Waals surface area (Å²) in [7, 11) is 1.71. The van der Waals surface area contributed by atoms with Gasteiger partial charge in [-0.3, -0.25) is 4.79 Å². The van der Waals surface area contributed by atoms with Gasteiger partial charge in [-0.15, -0.1) is 11.3 Å². The number of aromatic nitrogens is 1. The molecule has 2 atom stereocenters. The molecule has 1 amide bonds. The molecule has 0 aliphatic carbocycles. The highest BCUT2D eigenvalue weighted by Gasteiger charge is 2.21. The molecule has 0 aliphatic rings. The van der Waals surface area contributed by atoms with Crippen molar-refractivity contribution in [3.8, 4) is 0 Å². The minimum atomic E-state index is -0.291. The summed E-state index contributed by atoms with van der Waals surface area (Å²) in [6, 6.07) is 5.79. The Morgan fingerprint density at radius 1 is 1.33 bits per heavy atom. The SMILES string of the molecule is CC(N)c1nc(C(=O)N(C)C(C)c2ccc(F)cc2)cs1. The number of rotatable bonds is 4. The highest BCUT2D eigenvalue weighted by Crippen LogP contribution is 2.22. The Bertz CT molecular complexity index is 624. The van der Waals surface area contributed by atoms with Gasteiger partial charge in [0.1, 0.15) is 16.5 Å². The van der Waals surface area contributed by atoms with E-state index in [1.54, 1.807) is 29.5 Å². The number of hydrogen-bond acceptors (Lipinski definition) is 4. The number of thiazole rings is 1. The number of halogens is 1. The maximum absolute atomic E-state index is 13.0. The predicted octanol–water partition coefficient (Wildman–Crippen LogP) is 3.14. The maximum Gasteiger partial charge on any atom is 0.273 e. The van der Waals surface area contributed by atoms with Crippen LogP contribution in [0.5, 0.6) is 0 Å². The van der Waals surface area contributed by atoms with E-state index in [1.165, 1.54) is 23.5 Å². The molecule has 0 fully saturated rings. The minimum Gasteiger partial charge on any atom is -0.334 e. The lowest BCUT2D eigenvalue weighted by Gasteiger charge is -2.24. The van der Waals surface area contributed by atoms with Crippen LogP contribution < -0.4 is 5.73 Å². The van der Waals surface area contributed by atoms with Gasteiger partial charge in [-0.25, -0.2) is 9.37 Å². The number of carbonyl (C=O) groups is 1. The van der Waals surface area contributed by atoms with Crippen LogP contribution >= 0.6 is 11.3 Å². The van der Waals surface area contributed by atoms with Crippen LogP contribution in [0.1, 0.15) is 47.0 Å². The van der Waals surface area contributed by atoms with Crippen LogP contribution in [0.3, 0.4) is 0 Å². The molecule has 21 heavy (non-hydrogen) atoms. The van der Waals surface area contributed by atoms with Gasteiger partial charge in [0, 0.05) is 12.4 Å². The quantitative estimate of drug-likeness (QED) is 0.944. The third-order valence-corrected chi connectivity index (χ3v) is 4.43. The molecule has 2 aromatic rings. The fourth-order valence-corrected chi connectivity index (χ4v) is 2.67. The first-order chi connectivity index (χ1) is 9.90. The first kappa shape index (κ1) is 15.6. The number of hydrogen-bond donors (Lipinski definition) is 1. The van der Waals surface area contributed by atoms with Crippen LogP contribution in [0.25, 0.3) is 0 Å². The van der Waals surface area contributed by atoms with Gasteiger partial charge in [0.15, 0.2) is 0 Å². The summed E-state index contributed by atoms with van der Waals surface area (Å²) in [4.78, 5) is 18.3. The monoisotopic (exact) mass is 307 g/mol. The van der Waals surface area contributed by atoms with Gasteiger partial charge in [0.2, 0.25) is 0 Å². The second kappa shape index (κ2) is 6.32. The molecule has 0 saturated heterocycles. The van der Waals surface area contributed by atoms with Crippen molar-refractivity contribution in [2.24, 2.45) is 5.73 Å². The maximum atomic E-state index is 13.0. The minimum absolute atomic E-state index is 0.168. The van der Waals surface area contributed by atoms with E-state index in [0.29, 0.717) is 5.69 Å². The molecule has 2 rings (SSSR count). The van der Waals surface area contributed by atoms with Crippen molar-refractivity contribution in [3.05, 3.63) is 51.7 Å². The van der Waals surface area contributed by atoms with Crippen LogP contribution in [0.4, 0.5) is 4.39 Å². The van der Waals surface area contributed by atoms with Gasteiger partial charge in [0.25, 0.3) is 5.91 Å². The number of amides is 1. The fraction of sp³-hybridized carbons (Fsp3) is 0.333. The molecule has 112 valence electrons. The Hall–Kier alpha value is -1.79. The average molecular weight is 307 g/mol. The fourth-order valence-electron chi connectivity index (χ4n) is 1.92. The highest BCUT2D eigenvalue weighted by molar-refractivity contribution is 7.09. The summed E-state index contributed by atoms with van der Waals surface area (Å²) in [5.41, 5.74) is 7.02. The van der Waals surface area contributed by atoms with Crippen molar-refractivity contribution in [1.82, 2.24) is 9.88 Å². The van der Waals surface area contributed by atoms with E-state index in [0.717, 1.165) is 10.6 Å². The Morgan fingerprint density at radius 2 is 1.95 bits per heavy atom. The average Bonchev–Trinajstić information content (AvgIpc) is 2.96. The molecular formula is C15H18FN3OS. The Labute approximate surface area is 127 Å². The largest absolute Gasteiger partial charge is 0.334 e. The van der Waals surface area contributed by atoms with Gasteiger partial charge in [-0.1, -0.05) is 12.1 Å². The van der Waals surface area contributed by atoms with Crippen LogP contribution in [-0.4, -0.2) is 22.8 Å². The van der Waals surface area contributed by atoms with Crippen molar-refractivity contribution in [2.75, 3.05) is 7.05 Å². The molecule has 4 nitrogen and oxygen atoms in total. The summed E-state index contributed by atoms with van der Waals surface area (Å²) in [5.74, 6) is -0.462. The number of carbonyl (C=O) groups excluding carboxylic acids is 1. The zero-order chi connectivity index (χ0) is 15.6. The van der Waals surface area contributed by atoms with Gasteiger partial charge in [-0.2, -0.15) is 0 Å². The molecule has 1 heterocycles. The van der Waals surface area contributed by atoms with Crippen molar-refractivity contribution >= 4 is 17.2 Å². The first-order valence-corrected chi connectivity index (χ1v) is 7.51. The van der Waals surface area contributed by atoms with Crippen molar-refractivity contribution < 1.29 is 9.18 Å². The Morgan fingerprint density at radius 3 is 2.48 bits per heavy atom. The van der Waals surface area contributed by atoms with E-state index >= 15 is 0 Å². The second-order valence-corrected chi connectivity index (χ2v) is 5.89. The lowest BCUT2D eigenvalue weighted by Crippen LogP contribution is -2.30. The summed E-state index contributed by atoms with van der Waals surface area (Å²) in [6.07, 6.45) is 0. The molecule has 0 radical (unpaired) electrons. The second-order valence-electron chi connectivity index (χ2n) is 5.00. The zero-order valence-corrected chi connectivity index (χ0v) is 13.0.